The minimum Gasteiger partial charge on any atom is -0.191 e. The average Bonchev–Trinajstić information content (AvgIpc) is 2.19. The molecule has 0 amide bonds. The van der Waals surface area contributed by atoms with Crippen molar-refractivity contribution in [1.29, 1.82) is 5.26 Å². The van der Waals surface area contributed by atoms with Crippen LogP contribution in [0.1, 0.15) is 5.56 Å². The first-order valence-electron chi connectivity index (χ1n) is 3.82. The van der Waals surface area contributed by atoms with Crippen LogP contribution in [0.5, 0.6) is 0 Å². The molecule has 2 heteroatoms. The van der Waals surface area contributed by atoms with E-state index in [0.717, 1.165) is 5.56 Å². The van der Waals surface area contributed by atoms with Crippen molar-refractivity contribution < 1.29 is 0 Å². The predicted molar refractivity (Wildman–Crippen MR) is 50.8 cm³/mol. The molecule has 0 saturated carbocycles. The first-order chi connectivity index (χ1) is 6.33. The van der Waals surface area contributed by atoms with Gasteiger partial charge in [-0.05, 0) is 6.58 Å². The maximum Gasteiger partial charge on any atom is 0.323 e. The van der Waals surface area contributed by atoms with Gasteiger partial charge in [-0.1, -0.05) is 35.2 Å². The van der Waals surface area contributed by atoms with E-state index in [0.29, 0.717) is 6.54 Å². The Labute approximate surface area is 77.6 Å². The van der Waals surface area contributed by atoms with Gasteiger partial charge in [-0.25, -0.2) is 0 Å². The van der Waals surface area contributed by atoms with Crippen molar-refractivity contribution in [2.24, 2.45) is 0 Å². The van der Waals surface area contributed by atoms with E-state index in [1.807, 2.05) is 30.3 Å². The van der Waals surface area contributed by atoms with E-state index in [-0.39, 0.29) is 5.57 Å². The van der Waals surface area contributed by atoms with Crippen LogP contribution in [0.4, 0.5) is 0 Å². The first kappa shape index (κ1) is 9.03. The summed E-state index contributed by atoms with van der Waals surface area (Å²) in [7, 11) is 0. The van der Waals surface area contributed by atoms with Gasteiger partial charge in [0.2, 0.25) is 0 Å². The second-order valence-electron chi connectivity index (χ2n) is 2.44. The number of hydrogen-bond acceptors (Lipinski definition) is 1. The van der Waals surface area contributed by atoms with Gasteiger partial charge >= 0.3 is 6.07 Å². The number of benzene rings is 1. The third-order valence-electron chi connectivity index (χ3n) is 1.42. The minimum atomic E-state index is 0.0101. The molecular weight excluding hydrogens is 160 g/mol. The van der Waals surface area contributed by atoms with Crippen LogP contribution in [0.3, 0.4) is 0 Å². The van der Waals surface area contributed by atoms with Gasteiger partial charge in [0.05, 0.1) is 0 Å². The quantitative estimate of drug-likeness (QED) is 0.592. The molecule has 0 bridgehead atoms. The number of nitriles is 1. The van der Waals surface area contributed by atoms with Crippen LogP contribution in [-0.2, 0) is 6.54 Å². The fourth-order valence-electron chi connectivity index (χ4n) is 0.824. The molecule has 0 unspecified atom stereocenters. The van der Waals surface area contributed by atoms with Crippen LogP contribution in [0.15, 0.2) is 35.9 Å². The lowest BCUT2D eigenvalue weighted by molar-refractivity contribution is 1.27. The van der Waals surface area contributed by atoms with Crippen LogP contribution in [0, 0.1) is 24.0 Å². The molecule has 0 N–H and O–H groups in total. The lowest BCUT2D eigenvalue weighted by Crippen LogP contribution is -1.76. The smallest absolute Gasteiger partial charge is 0.191 e. The van der Waals surface area contributed by atoms with Gasteiger partial charge < -0.3 is 0 Å². The van der Waals surface area contributed by atoms with Gasteiger partial charge in [-0.3, -0.25) is 0 Å². The summed E-state index contributed by atoms with van der Waals surface area (Å²) in [5, 5.41) is 8.30. The summed E-state index contributed by atoms with van der Waals surface area (Å²) in [6.45, 7) is 5.69. The van der Waals surface area contributed by atoms with Gasteiger partial charge in [0.25, 0.3) is 6.54 Å². The van der Waals surface area contributed by atoms with Crippen molar-refractivity contribution in [1.82, 2.24) is 0 Å². The summed E-state index contributed by atoms with van der Waals surface area (Å²) >= 11 is 0. The number of rotatable bonds is 1. The Hall–Kier alpha value is -2.06. The van der Waals surface area contributed by atoms with Crippen LogP contribution >= 0.6 is 0 Å². The molecule has 1 aromatic carbocycles. The molecule has 0 aliphatic rings. The van der Waals surface area contributed by atoms with E-state index in [1.165, 1.54) is 0 Å². The SMILES string of the molecule is [CH]=C(C#N)C#[N+]Cc1ccccc1. The molecule has 1 rings (SSSR count). The van der Waals surface area contributed by atoms with Crippen molar-refractivity contribution in [2.45, 2.75) is 6.54 Å². The monoisotopic (exact) mass is 168 g/mol. The lowest BCUT2D eigenvalue weighted by atomic mass is 10.2. The van der Waals surface area contributed by atoms with E-state index in [2.05, 4.69) is 10.9 Å². The Morgan fingerprint density at radius 2 is 2.08 bits per heavy atom. The molecule has 0 saturated heterocycles. The van der Waals surface area contributed by atoms with Crippen LogP contribution < -0.4 is 0 Å². The second kappa shape index (κ2) is 4.74. The fourth-order valence-corrected chi connectivity index (χ4v) is 0.824. The standard InChI is InChI=1S/C11H8N2/c1-10(7-12)8-13-9-11-5-3-2-4-6-11/h1-6H,9H2/q+1. The lowest BCUT2D eigenvalue weighted by Gasteiger charge is -1.83. The predicted octanol–water partition coefficient (Wildman–Crippen LogP) is 2.40. The highest BCUT2D eigenvalue weighted by Gasteiger charge is 1.96. The Kier molecular flexibility index (Phi) is 3.30. The van der Waals surface area contributed by atoms with Gasteiger partial charge in [-0.2, -0.15) is 5.26 Å². The zero-order valence-corrected chi connectivity index (χ0v) is 7.07. The van der Waals surface area contributed by atoms with Crippen molar-refractivity contribution in [2.75, 3.05) is 0 Å². The zero-order chi connectivity index (χ0) is 9.52. The van der Waals surface area contributed by atoms with Crippen LogP contribution in [-0.4, -0.2) is 0 Å². The highest BCUT2D eigenvalue weighted by atomic mass is 14.6. The summed E-state index contributed by atoms with van der Waals surface area (Å²) in [6, 6.07) is 13.9. The Morgan fingerprint density at radius 3 is 2.69 bits per heavy atom. The van der Waals surface area contributed by atoms with E-state index in [1.54, 1.807) is 6.07 Å². The molecule has 0 fully saturated rings. The maximum absolute atomic E-state index is 8.30. The molecule has 61 valence electrons. The van der Waals surface area contributed by atoms with E-state index >= 15 is 0 Å². The number of allylic oxidation sites excluding steroid dienone is 1. The summed E-state index contributed by atoms with van der Waals surface area (Å²) in [5.74, 6) is 0. The second-order valence-corrected chi connectivity index (χ2v) is 2.44. The Bertz CT molecular complexity index is 388. The topological polar surface area (TPSA) is 28.1 Å². The first-order valence-corrected chi connectivity index (χ1v) is 3.82. The Morgan fingerprint density at radius 1 is 1.38 bits per heavy atom. The van der Waals surface area contributed by atoms with Crippen LogP contribution in [0.25, 0.3) is 4.85 Å². The largest absolute Gasteiger partial charge is 0.323 e. The van der Waals surface area contributed by atoms with E-state index < -0.39 is 0 Å². The number of hydrogen-bond donors (Lipinski definition) is 0. The van der Waals surface area contributed by atoms with Crippen molar-refractivity contribution in [3.8, 4) is 12.1 Å². The third kappa shape index (κ3) is 3.22. The maximum atomic E-state index is 8.30. The molecule has 0 spiro atoms. The van der Waals surface area contributed by atoms with Crippen molar-refractivity contribution in [3.05, 3.63) is 52.9 Å². The molecule has 0 heterocycles. The fraction of sp³-hybridized carbons (Fsp3) is 0.0909. The average molecular weight is 168 g/mol. The Balaban J connectivity index is 2.57. The highest BCUT2D eigenvalue weighted by molar-refractivity contribution is 5.33. The normalized spacial score (nSPS) is 7.92. The van der Waals surface area contributed by atoms with E-state index in [4.69, 9.17) is 11.8 Å². The van der Waals surface area contributed by atoms with Gasteiger partial charge in [0, 0.05) is 5.56 Å². The van der Waals surface area contributed by atoms with Gasteiger partial charge in [0.15, 0.2) is 5.57 Å². The summed E-state index contributed by atoms with van der Waals surface area (Å²) < 4.78 is 0. The van der Waals surface area contributed by atoms with Gasteiger partial charge in [0.1, 0.15) is 6.07 Å². The number of nitrogens with zero attached hydrogens (tertiary/aromatic N) is 2. The van der Waals surface area contributed by atoms with Crippen molar-refractivity contribution >= 4 is 0 Å². The molecule has 0 aliphatic heterocycles. The zero-order valence-electron chi connectivity index (χ0n) is 7.07. The van der Waals surface area contributed by atoms with Gasteiger partial charge in [-0.15, -0.1) is 0 Å². The molecule has 0 atom stereocenters. The summed E-state index contributed by atoms with van der Waals surface area (Å²) in [4.78, 5) is 3.88. The molecule has 13 heavy (non-hydrogen) atoms. The summed E-state index contributed by atoms with van der Waals surface area (Å²) in [6.07, 6.45) is 0. The van der Waals surface area contributed by atoms with E-state index in [9.17, 15) is 0 Å². The van der Waals surface area contributed by atoms with Crippen LogP contribution in [0.2, 0.25) is 0 Å². The molecule has 2 nitrogen and oxygen atoms in total. The molecule has 0 aliphatic carbocycles. The third-order valence-corrected chi connectivity index (χ3v) is 1.42. The highest BCUT2D eigenvalue weighted by Crippen LogP contribution is 2.00. The molecule has 1 aromatic rings. The molecular formula is C11H8N2+. The summed E-state index contributed by atoms with van der Waals surface area (Å²) in [5.41, 5.74) is 1.08. The molecule has 0 aromatic heterocycles. The molecule has 1 radical (unpaired) electrons. The minimum absolute atomic E-state index is 0.0101. The van der Waals surface area contributed by atoms with Crippen molar-refractivity contribution in [3.63, 3.8) is 0 Å².